The van der Waals surface area contributed by atoms with E-state index in [1.54, 1.807) is 24.3 Å². The van der Waals surface area contributed by atoms with Gasteiger partial charge in [0, 0.05) is 19.0 Å². The Morgan fingerprint density at radius 1 is 1.29 bits per heavy atom. The molecule has 0 amide bonds. The number of hydrogen-bond donors (Lipinski definition) is 0. The molecule has 1 fully saturated rings. The zero-order valence-corrected chi connectivity index (χ0v) is 14.8. The number of sulfonamides is 1. The van der Waals surface area contributed by atoms with Crippen LogP contribution in [0.15, 0.2) is 33.7 Å². The highest BCUT2D eigenvalue weighted by Gasteiger charge is 2.40. The maximum Gasteiger partial charge on any atom is 0.243 e. The Labute approximate surface area is 141 Å². The summed E-state index contributed by atoms with van der Waals surface area (Å²) in [5.41, 5.74) is 0. The molecule has 1 saturated heterocycles. The smallest absolute Gasteiger partial charge is 0.243 e. The highest BCUT2D eigenvalue weighted by molar-refractivity contribution is 7.89. The van der Waals surface area contributed by atoms with E-state index in [4.69, 9.17) is 9.26 Å². The Balaban J connectivity index is 1.67. The fourth-order valence-electron chi connectivity index (χ4n) is 2.46. The number of ether oxygens (including phenoxy) is 1. The second-order valence-electron chi connectivity index (χ2n) is 6.07. The van der Waals surface area contributed by atoms with Gasteiger partial charge in [-0.05, 0) is 31.2 Å². The molecule has 0 bridgehead atoms. The summed E-state index contributed by atoms with van der Waals surface area (Å²) < 4.78 is 37.2. The first-order chi connectivity index (χ1) is 11.4. The van der Waals surface area contributed by atoms with Crippen LogP contribution in [0.4, 0.5) is 0 Å². The van der Waals surface area contributed by atoms with Gasteiger partial charge in [0.15, 0.2) is 5.82 Å². The molecule has 1 aliphatic rings. The van der Waals surface area contributed by atoms with E-state index in [1.807, 2.05) is 20.8 Å². The third-order valence-corrected chi connectivity index (χ3v) is 5.79. The van der Waals surface area contributed by atoms with Crippen LogP contribution >= 0.6 is 0 Å². The molecule has 1 aromatic carbocycles. The molecule has 0 saturated carbocycles. The molecular formula is C16H21N3O4S. The summed E-state index contributed by atoms with van der Waals surface area (Å²) in [7, 11) is -3.50. The molecule has 0 atom stereocenters. The van der Waals surface area contributed by atoms with Crippen molar-refractivity contribution < 1.29 is 17.7 Å². The lowest BCUT2D eigenvalue weighted by Gasteiger charge is -2.35. The van der Waals surface area contributed by atoms with Crippen molar-refractivity contribution in [2.75, 3.05) is 19.7 Å². The average Bonchev–Trinajstić information content (AvgIpc) is 2.96. The van der Waals surface area contributed by atoms with E-state index < -0.39 is 10.0 Å². The summed E-state index contributed by atoms with van der Waals surface area (Å²) in [5, 5.41) is 3.92. The van der Waals surface area contributed by atoms with Gasteiger partial charge in [0.05, 0.1) is 17.4 Å². The summed E-state index contributed by atoms with van der Waals surface area (Å²) in [4.78, 5) is 4.60. The largest absolute Gasteiger partial charge is 0.494 e. The van der Waals surface area contributed by atoms with Crippen LogP contribution in [0, 0.1) is 0 Å². The Bertz CT molecular complexity index is 793. The van der Waals surface area contributed by atoms with Gasteiger partial charge in [-0.3, -0.25) is 0 Å². The van der Waals surface area contributed by atoms with Crippen molar-refractivity contribution in [3.63, 3.8) is 0 Å². The van der Waals surface area contributed by atoms with Crippen LogP contribution in [0.3, 0.4) is 0 Å². The molecule has 130 valence electrons. The monoisotopic (exact) mass is 351 g/mol. The number of hydrogen-bond acceptors (Lipinski definition) is 6. The van der Waals surface area contributed by atoms with Crippen molar-refractivity contribution in [3.8, 4) is 5.75 Å². The predicted molar refractivity (Wildman–Crippen MR) is 87.5 cm³/mol. The Morgan fingerprint density at radius 2 is 1.96 bits per heavy atom. The van der Waals surface area contributed by atoms with Crippen molar-refractivity contribution in [2.45, 2.75) is 37.5 Å². The van der Waals surface area contributed by atoms with E-state index in [0.29, 0.717) is 37.2 Å². The Hall–Kier alpha value is -1.93. The summed E-state index contributed by atoms with van der Waals surface area (Å²) >= 11 is 0. The van der Waals surface area contributed by atoms with Crippen LogP contribution in [-0.4, -0.2) is 42.6 Å². The average molecular weight is 351 g/mol. The third-order valence-electron chi connectivity index (χ3n) is 3.94. The lowest BCUT2D eigenvalue weighted by Crippen LogP contribution is -2.48. The predicted octanol–water partition coefficient (Wildman–Crippen LogP) is 2.38. The maximum atomic E-state index is 12.6. The molecule has 0 radical (unpaired) electrons. The van der Waals surface area contributed by atoms with Gasteiger partial charge in [-0.2, -0.15) is 9.29 Å². The van der Waals surface area contributed by atoms with Gasteiger partial charge in [0.2, 0.25) is 15.9 Å². The molecule has 2 heterocycles. The first kappa shape index (κ1) is 16.9. The third kappa shape index (κ3) is 3.16. The van der Waals surface area contributed by atoms with Crippen molar-refractivity contribution in [1.29, 1.82) is 0 Å². The van der Waals surface area contributed by atoms with E-state index in [9.17, 15) is 8.42 Å². The normalized spacial score (nSPS) is 16.3. The fourth-order valence-corrected chi connectivity index (χ4v) is 3.99. The summed E-state index contributed by atoms with van der Waals surface area (Å²) in [6.07, 6.45) is 0. The van der Waals surface area contributed by atoms with E-state index in [-0.39, 0.29) is 16.7 Å². The minimum absolute atomic E-state index is 0.0394. The molecular weight excluding hydrogens is 330 g/mol. The van der Waals surface area contributed by atoms with Crippen LogP contribution in [0.5, 0.6) is 5.75 Å². The zero-order chi connectivity index (χ0) is 17.3. The van der Waals surface area contributed by atoms with Crippen molar-refractivity contribution in [2.24, 2.45) is 0 Å². The highest BCUT2D eigenvalue weighted by atomic mass is 32.2. The minimum atomic E-state index is -3.50. The SMILES string of the molecule is CCOc1ccc(S(=O)(=O)N2CC(c3nc(C(C)C)no3)C2)cc1. The number of aromatic nitrogens is 2. The molecule has 0 unspecified atom stereocenters. The number of rotatable bonds is 6. The maximum absolute atomic E-state index is 12.6. The van der Waals surface area contributed by atoms with E-state index in [1.165, 1.54) is 4.31 Å². The van der Waals surface area contributed by atoms with Crippen LogP contribution in [0.1, 0.15) is 44.3 Å². The van der Waals surface area contributed by atoms with Gasteiger partial charge < -0.3 is 9.26 Å². The Morgan fingerprint density at radius 3 is 2.50 bits per heavy atom. The minimum Gasteiger partial charge on any atom is -0.494 e. The number of nitrogens with zero attached hydrogens (tertiary/aromatic N) is 3. The second-order valence-corrected chi connectivity index (χ2v) is 8.01. The topological polar surface area (TPSA) is 85.5 Å². The fraction of sp³-hybridized carbons (Fsp3) is 0.500. The Kier molecular flexibility index (Phi) is 4.60. The second kappa shape index (κ2) is 6.52. The quantitative estimate of drug-likeness (QED) is 0.794. The van der Waals surface area contributed by atoms with Gasteiger partial charge in [-0.25, -0.2) is 8.42 Å². The van der Waals surface area contributed by atoms with Crippen LogP contribution < -0.4 is 4.74 Å². The molecule has 1 aromatic heterocycles. The first-order valence-electron chi connectivity index (χ1n) is 7.98. The molecule has 8 heteroatoms. The molecule has 24 heavy (non-hydrogen) atoms. The van der Waals surface area contributed by atoms with E-state index in [0.717, 1.165) is 0 Å². The standard InChI is InChI=1S/C16H21N3O4S/c1-4-22-13-5-7-14(8-6-13)24(20,21)19-9-12(10-19)16-17-15(11(2)3)18-23-16/h5-8,11-12H,4,9-10H2,1-3H3. The molecule has 2 aromatic rings. The van der Waals surface area contributed by atoms with Crippen molar-refractivity contribution in [1.82, 2.24) is 14.4 Å². The zero-order valence-electron chi connectivity index (χ0n) is 14.0. The first-order valence-corrected chi connectivity index (χ1v) is 9.42. The van der Waals surface area contributed by atoms with Gasteiger partial charge >= 0.3 is 0 Å². The highest BCUT2D eigenvalue weighted by Crippen LogP contribution is 2.32. The van der Waals surface area contributed by atoms with Crippen LogP contribution in [-0.2, 0) is 10.0 Å². The lowest BCUT2D eigenvalue weighted by molar-refractivity contribution is 0.216. The van der Waals surface area contributed by atoms with E-state index in [2.05, 4.69) is 10.1 Å². The molecule has 3 rings (SSSR count). The lowest BCUT2D eigenvalue weighted by atomic mass is 10.0. The van der Waals surface area contributed by atoms with Crippen molar-refractivity contribution in [3.05, 3.63) is 36.0 Å². The van der Waals surface area contributed by atoms with Gasteiger partial charge in [-0.1, -0.05) is 19.0 Å². The molecule has 1 aliphatic heterocycles. The molecule has 0 aliphatic carbocycles. The van der Waals surface area contributed by atoms with Crippen LogP contribution in [0.25, 0.3) is 0 Å². The summed E-state index contributed by atoms with van der Waals surface area (Å²) in [6.45, 7) is 7.11. The van der Waals surface area contributed by atoms with E-state index >= 15 is 0 Å². The van der Waals surface area contributed by atoms with Gasteiger partial charge in [-0.15, -0.1) is 0 Å². The van der Waals surface area contributed by atoms with Gasteiger partial charge in [0.1, 0.15) is 5.75 Å². The molecule has 0 N–H and O–H groups in total. The molecule has 0 spiro atoms. The van der Waals surface area contributed by atoms with Crippen LogP contribution in [0.2, 0.25) is 0 Å². The molecule has 7 nitrogen and oxygen atoms in total. The number of benzene rings is 1. The van der Waals surface area contributed by atoms with Crippen molar-refractivity contribution >= 4 is 10.0 Å². The van der Waals surface area contributed by atoms with Gasteiger partial charge in [0.25, 0.3) is 0 Å². The summed E-state index contributed by atoms with van der Waals surface area (Å²) in [5.74, 6) is 1.97. The summed E-state index contributed by atoms with van der Waals surface area (Å²) in [6, 6.07) is 6.47.